The summed E-state index contributed by atoms with van der Waals surface area (Å²) in [6.07, 6.45) is 1.60. The molecule has 0 atom stereocenters. The molecule has 5 nitrogen and oxygen atoms in total. The summed E-state index contributed by atoms with van der Waals surface area (Å²) in [6, 6.07) is 25.7. The van der Waals surface area contributed by atoms with Gasteiger partial charge in [0.1, 0.15) is 17.1 Å². The molecule has 10 heteroatoms. The highest BCUT2D eigenvalue weighted by molar-refractivity contribution is 9.11. The molecule has 0 bridgehead atoms. The molecule has 1 aromatic heterocycles. The van der Waals surface area contributed by atoms with Crippen LogP contribution < -0.4 is 15.0 Å². The Morgan fingerprint density at radius 1 is 0.973 bits per heavy atom. The lowest BCUT2D eigenvalue weighted by Crippen LogP contribution is -2.54. The van der Waals surface area contributed by atoms with Crippen LogP contribution in [0.1, 0.15) is 5.56 Å². The van der Waals surface area contributed by atoms with Gasteiger partial charge in [0, 0.05) is 15.5 Å². The number of amides is 2. The maximum atomic E-state index is 13.5. The minimum Gasteiger partial charge on any atom is -0.457 e. The van der Waals surface area contributed by atoms with Crippen LogP contribution in [0, 0.1) is 0 Å². The smallest absolute Gasteiger partial charge is 0.270 e. The van der Waals surface area contributed by atoms with Crippen LogP contribution in [0.2, 0.25) is 5.02 Å². The van der Waals surface area contributed by atoms with E-state index in [9.17, 15) is 9.59 Å². The first kappa shape index (κ1) is 25.7. The first-order chi connectivity index (χ1) is 17.9. The average molecular weight is 628 g/mol. The summed E-state index contributed by atoms with van der Waals surface area (Å²) in [5, 5.41) is 3.31. The third-order valence-corrected chi connectivity index (χ3v) is 8.61. The number of thiophene rings is 1. The fourth-order valence-electron chi connectivity index (χ4n) is 3.48. The van der Waals surface area contributed by atoms with Crippen molar-refractivity contribution in [1.82, 2.24) is 5.32 Å². The summed E-state index contributed by atoms with van der Waals surface area (Å²) < 4.78 is 7.63. The Kier molecular flexibility index (Phi) is 7.78. The maximum absolute atomic E-state index is 13.5. The number of hydrogen-bond acceptors (Lipinski definition) is 6. The highest BCUT2D eigenvalue weighted by Gasteiger charge is 2.34. The molecule has 0 radical (unpaired) electrons. The summed E-state index contributed by atoms with van der Waals surface area (Å²) in [5.41, 5.74) is 1.25. The molecule has 5 rings (SSSR count). The van der Waals surface area contributed by atoms with E-state index in [0.29, 0.717) is 22.2 Å². The molecule has 0 saturated carbocycles. The number of para-hydroxylation sites is 1. The minimum atomic E-state index is -0.542. The molecular formula is C27H16BrClN2O3S3. The van der Waals surface area contributed by atoms with Gasteiger partial charge in [0.15, 0.2) is 5.11 Å². The number of rotatable bonds is 6. The van der Waals surface area contributed by atoms with E-state index >= 15 is 0 Å². The SMILES string of the molecule is O=C1NC(=S)N(c2ccc(Oc3ccccc3)cc2)C(=O)C1=Cc1cc(Br)sc1Sc1ccc(Cl)cc1. The molecule has 1 fully saturated rings. The van der Waals surface area contributed by atoms with Crippen molar-refractivity contribution in [3.8, 4) is 11.5 Å². The van der Waals surface area contributed by atoms with E-state index in [1.165, 1.54) is 28.0 Å². The molecule has 1 aliphatic heterocycles. The Hall–Kier alpha value is -2.95. The standard InChI is InChI=1S/C27H16BrClN2O3S3/c28-23-15-16(26(37-23)36-21-12-6-17(29)7-13-21)14-22-24(32)30-27(35)31(25(22)33)18-8-10-20(11-9-18)34-19-4-2-1-3-5-19/h1-15H,(H,30,32,35). The molecule has 1 saturated heterocycles. The summed E-state index contributed by atoms with van der Waals surface area (Å²) in [4.78, 5) is 28.6. The molecule has 2 amide bonds. The van der Waals surface area contributed by atoms with Crippen molar-refractivity contribution in [1.29, 1.82) is 0 Å². The van der Waals surface area contributed by atoms with Crippen LogP contribution in [0.5, 0.6) is 11.5 Å². The summed E-state index contributed by atoms with van der Waals surface area (Å²) in [7, 11) is 0. The normalized spacial score (nSPS) is 14.7. The Labute approximate surface area is 240 Å². The fourth-order valence-corrected chi connectivity index (χ4v) is 6.99. The van der Waals surface area contributed by atoms with E-state index in [2.05, 4.69) is 21.2 Å². The van der Waals surface area contributed by atoms with Crippen LogP contribution in [-0.4, -0.2) is 16.9 Å². The number of anilines is 1. The van der Waals surface area contributed by atoms with Gasteiger partial charge in [0.05, 0.1) is 13.7 Å². The number of ether oxygens (including phenoxy) is 1. The average Bonchev–Trinajstić information content (AvgIpc) is 3.23. The lowest BCUT2D eigenvalue weighted by atomic mass is 10.1. The minimum absolute atomic E-state index is 0.0125. The largest absolute Gasteiger partial charge is 0.457 e. The van der Waals surface area contributed by atoms with E-state index in [-0.39, 0.29) is 10.7 Å². The van der Waals surface area contributed by atoms with Crippen LogP contribution in [-0.2, 0) is 9.59 Å². The van der Waals surface area contributed by atoms with Gasteiger partial charge in [-0.15, -0.1) is 11.3 Å². The molecule has 1 aliphatic rings. The molecule has 0 unspecified atom stereocenters. The van der Waals surface area contributed by atoms with Gasteiger partial charge in [0.2, 0.25) is 0 Å². The Bertz CT molecular complexity index is 1520. The van der Waals surface area contributed by atoms with Crippen molar-refractivity contribution in [3.63, 3.8) is 0 Å². The molecule has 2 heterocycles. The van der Waals surface area contributed by atoms with Gasteiger partial charge in [-0.2, -0.15) is 0 Å². The Balaban J connectivity index is 1.41. The van der Waals surface area contributed by atoms with Crippen molar-refractivity contribution in [2.75, 3.05) is 4.90 Å². The van der Waals surface area contributed by atoms with Crippen LogP contribution >= 0.6 is 62.8 Å². The van der Waals surface area contributed by atoms with Gasteiger partial charge in [-0.25, -0.2) is 0 Å². The van der Waals surface area contributed by atoms with Crippen molar-refractivity contribution in [2.45, 2.75) is 9.10 Å². The van der Waals surface area contributed by atoms with Gasteiger partial charge >= 0.3 is 0 Å². The fraction of sp³-hybridized carbons (Fsp3) is 0. The number of nitrogens with one attached hydrogen (secondary N) is 1. The molecule has 0 spiro atoms. The molecule has 184 valence electrons. The monoisotopic (exact) mass is 626 g/mol. The zero-order chi connectivity index (χ0) is 25.9. The number of carbonyl (C=O) groups is 2. The van der Waals surface area contributed by atoms with Crippen LogP contribution in [0.3, 0.4) is 0 Å². The second kappa shape index (κ2) is 11.2. The highest BCUT2D eigenvalue weighted by Crippen LogP contribution is 2.41. The summed E-state index contributed by atoms with van der Waals surface area (Å²) in [6.45, 7) is 0. The zero-order valence-corrected chi connectivity index (χ0v) is 23.6. The van der Waals surface area contributed by atoms with E-state index in [1.54, 1.807) is 30.3 Å². The number of nitrogens with zero attached hydrogens (tertiary/aromatic N) is 1. The first-order valence-electron chi connectivity index (χ1n) is 10.8. The predicted octanol–water partition coefficient (Wildman–Crippen LogP) is 7.94. The molecule has 3 aromatic carbocycles. The molecular weight excluding hydrogens is 612 g/mol. The second-order valence-corrected chi connectivity index (χ2v) is 12.3. The lowest BCUT2D eigenvalue weighted by Gasteiger charge is -2.29. The van der Waals surface area contributed by atoms with Crippen molar-refractivity contribution in [2.24, 2.45) is 0 Å². The molecule has 4 aromatic rings. The third kappa shape index (κ3) is 5.97. The molecule has 0 aliphatic carbocycles. The Morgan fingerprint density at radius 3 is 2.35 bits per heavy atom. The van der Waals surface area contributed by atoms with Crippen molar-refractivity contribution < 1.29 is 14.3 Å². The van der Waals surface area contributed by atoms with Crippen LogP contribution in [0.25, 0.3) is 6.08 Å². The number of carbonyl (C=O) groups excluding carboxylic acids is 2. The van der Waals surface area contributed by atoms with E-state index < -0.39 is 11.8 Å². The molecule has 1 N–H and O–H groups in total. The maximum Gasteiger partial charge on any atom is 0.270 e. The number of benzene rings is 3. The van der Waals surface area contributed by atoms with Gasteiger partial charge in [-0.1, -0.05) is 41.6 Å². The highest BCUT2D eigenvalue weighted by atomic mass is 79.9. The topological polar surface area (TPSA) is 58.6 Å². The van der Waals surface area contributed by atoms with Gasteiger partial charge in [-0.3, -0.25) is 19.8 Å². The number of halogens is 2. The quantitative estimate of drug-likeness (QED) is 0.134. The lowest BCUT2D eigenvalue weighted by molar-refractivity contribution is -0.122. The van der Waals surface area contributed by atoms with Crippen LogP contribution in [0.15, 0.2) is 103 Å². The second-order valence-electron chi connectivity index (χ2n) is 7.72. The van der Waals surface area contributed by atoms with E-state index in [4.69, 9.17) is 28.6 Å². The zero-order valence-electron chi connectivity index (χ0n) is 18.8. The number of thiocarbonyl (C=S) groups is 1. The summed E-state index contributed by atoms with van der Waals surface area (Å²) in [5.74, 6) is 0.263. The van der Waals surface area contributed by atoms with E-state index in [1.807, 2.05) is 60.7 Å². The first-order valence-corrected chi connectivity index (χ1v) is 14.1. The predicted molar refractivity (Wildman–Crippen MR) is 157 cm³/mol. The van der Waals surface area contributed by atoms with Gasteiger partial charge in [0.25, 0.3) is 11.8 Å². The van der Waals surface area contributed by atoms with Crippen LogP contribution in [0.4, 0.5) is 5.69 Å². The van der Waals surface area contributed by atoms with Crippen molar-refractivity contribution >= 4 is 91.5 Å². The van der Waals surface area contributed by atoms with Crippen molar-refractivity contribution in [3.05, 3.63) is 105 Å². The van der Waals surface area contributed by atoms with Gasteiger partial charge in [-0.05, 0) is 101 Å². The third-order valence-electron chi connectivity index (χ3n) is 5.19. The summed E-state index contributed by atoms with van der Waals surface area (Å²) >= 11 is 17.9. The molecule has 37 heavy (non-hydrogen) atoms. The number of hydrogen-bond donors (Lipinski definition) is 1. The van der Waals surface area contributed by atoms with E-state index in [0.717, 1.165) is 18.5 Å². The van der Waals surface area contributed by atoms with Gasteiger partial charge < -0.3 is 4.74 Å². The Morgan fingerprint density at radius 2 is 1.65 bits per heavy atom.